The molecule has 6 rings (SSSR count). The number of hydrogen-bond acceptors (Lipinski definition) is 7. The van der Waals surface area contributed by atoms with Crippen LogP contribution in [-0.2, 0) is 9.63 Å². The summed E-state index contributed by atoms with van der Waals surface area (Å²) in [5.74, 6) is 0.718. The number of oxime groups is 1. The minimum atomic E-state index is -0.708. The van der Waals surface area contributed by atoms with Crippen LogP contribution in [0.25, 0.3) is 22.0 Å². The monoisotopic (exact) mass is 600 g/mol. The van der Waals surface area contributed by atoms with Crippen molar-refractivity contribution in [2.75, 3.05) is 22.9 Å². The number of amides is 1. The number of benzene rings is 2. The SMILES string of the molecule is C=C1ON=C(C2CCN(c3ncnc4c(-c5ccc(N6C(=O)CCC6C#N)c(F)c5)cc(F)cc34)CC2)C(C)CC1C.CC. The van der Waals surface area contributed by atoms with Crippen LogP contribution >= 0.6 is 0 Å². The lowest BCUT2D eigenvalue weighted by Gasteiger charge is -2.34. The van der Waals surface area contributed by atoms with Crippen LogP contribution < -0.4 is 9.80 Å². The summed E-state index contributed by atoms with van der Waals surface area (Å²) in [6.45, 7) is 13.7. The Bertz CT molecular complexity index is 1640. The molecule has 3 aliphatic rings. The van der Waals surface area contributed by atoms with E-state index in [1.807, 2.05) is 13.8 Å². The molecule has 3 unspecified atom stereocenters. The quantitative estimate of drug-likeness (QED) is 0.310. The molecule has 0 N–H and O–H groups in total. The summed E-state index contributed by atoms with van der Waals surface area (Å²) in [4.78, 5) is 30.3. The van der Waals surface area contributed by atoms with Crippen molar-refractivity contribution in [3.8, 4) is 17.2 Å². The largest absolute Gasteiger partial charge is 0.362 e. The van der Waals surface area contributed by atoms with Gasteiger partial charge in [-0.15, -0.1) is 0 Å². The van der Waals surface area contributed by atoms with Gasteiger partial charge < -0.3 is 9.74 Å². The summed E-state index contributed by atoms with van der Waals surface area (Å²) < 4.78 is 30.4. The molecule has 10 heteroatoms. The van der Waals surface area contributed by atoms with Gasteiger partial charge in [-0.3, -0.25) is 9.69 Å². The molecule has 44 heavy (non-hydrogen) atoms. The van der Waals surface area contributed by atoms with Crippen molar-refractivity contribution < 1.29 is 18.4 Å². The molecule has 2 aromatic carbocycles. The van der Waals surface area contributed by atoms with Gasteiger partial charge in [0.05, 0.1) is 23.0 Å². The Morgan fingerprint density at radius 2 is 1.80 bits per heavy atom. The van der Waals surface area contributed by atoms with Gasteiger partial charge in [-0.25, -0.2) is 18.7 Å². The number of aromatic nitrogens is 2. The molecular weight excluding hydrogens is 562 g/mol. The highest BCUT2D eigenvalue weighted by Crippen LogP contribution is 2.38. The highest BCUT2D eigenvalue weighted by atomic mass is 19.1. The topological polar surface area (TPSA) is 94.7 Å². The first-order valence-corrected chi connectivity index (χ1v) is 15.4. The van der Waals surface area contributed by atoms with Gasteiger partial charge >= 0.3 is 0 Å². The second-order valence-corrected chi connectivity index (χ2v) is 11.5. The molecular formula is C34H38F2N6O2. The maximum atomic E-state index is 15.4. The van der Waals surface area contributed by atoms with Crippen molar-refractivity contribution in [2.45, 2.75) is 65.8 Å². The average molecular weight is 601 g/mol. The van der Waals surface area contributed by atoms with Gasteiger partial charge in [-0.1, -0.05) is 45.5 Å². The molecule has 8 nitrogen and oxygen atoms in total. The number of anilines is 2. The van der Waals surface area contributed by atoms with Crippen molar-refractivity contribution >= 4 is 34.0 Å². The van der Waals surface area contributed by atoms with E-state index in [0.717, 1.165) is 25.0 Å². The summed E-state index contributed by atoms with van der Waals surface area (Å²) in [6, 6.07) is 8.48. The van der Waals surface area contributed by atoms with Gasteiger partial charge in [0.15, 0.2) is 0 Å². The van der Waals surface area contributed by atoms with Crippen LogP contribution in [0.2, 0.25) is 0 Å². The summed E-state index contributed by atoms with van der Waals surface area (Å²) in [7, 11) is 0. The van der Waals surface area contributed by atoms with E-state index in [2.05, 4.69) is 46.5 Å². The van der Waals surface area contributed by atoms with Gasteiger partial charge in [-0.2, -0.15) is 5.26 Å². The number of fused-ring (bicyclic) bond motifs is 1. The van der Waals surface area contributed by atoms with Gasteiger partial charge in [0, 0.05) is 42.3 Å². The van der Waals surface area contributed by atoms with Crippen molar-refractivity contribution in [1.29, 1.82) is 5.26 Å². The average Bonchev–Trinajstić information content (AvgIpc) is 3.35. The number of nitrogens with zero attached hydrogens (tertiary/aromatic N) is 6. The molecule has 3 atom stereocenters. The first-order chi connectivity index (χ1) is 21.2. The van der Waals surface area contributed by atoms with Crippen molar-refractivity contribution in [3.05, 3.63) is 60.6 Å². The zero-order valence-electron chi connectivity index (χ0n) is 25.7. The molecule has 0 radical (unpaired) electrons. The van der Waals surface area contributed by atoms with Crippen molar-refractivity contribution in [3.63, 3.8) is 0 Å². The van der Waals surface area contributed by atoms with E-state index in [9.17, 15) is 10.1 Å². The van der Waals surface area contributed by atoms with E-state index in [-0.39, 0.29) is 29.9 Å². The summed E-state index contributed by atoms with van der Waals surface area (Å²) in [6.07, 6.45) is 4.66. The van der Waals surface area contributed by atoms with E-state index in [4.69, 9.17) is 4.84 Å². The third-order valence-corrected chi connectivity index (χ3v) is 8.80. The van der Waals surface area contributed by atoms with E-state index < -0.39 is 17.7 Å². The highest BCUT2D eigenvalue weighted by molar-refractivity contribution is 6.00. The Morgan fingerprint density at radius 1 is 1.05 bits per heavy atom. The molecule has 0 bridgehead atoms. The number of nitriles is 1. The van der Waals surface area contributed by atoms with Crippen molar-refractivity contribution in [2.24, 2.45) is 22.9 Å². The van der Waals surface area contributed by atoms with E-state index in [0.29, 0.717) is 59.0 Å². The number of rotatable bonds is 4. The smallest absolute Gasteiger partial charge is 0.228 e. The first kappa shape index (κ1) is 31.0. The second-order valence-electron chi connectivity index (χ2n) is 11.5. The molecule has 3 aromatic rings. The zero-order chi connectivity index (χ0) is 31.5. The molecule has 1 aromatic heterocycles. The van der Waals surface area contributed by atoms with Gasteiger partial charge in [0.25, 0.3) is 0 Å². The molecule has 1 amide bonds. The normalized spacial score (nSPS) is 22.6. The van der Waals surface area contributed by atoms with Crippen molar-refractivity contribution in [1.82, 2.24) is 9.97 Å². The summed E-state index contributed by atoms with van der Waals surface area (Å²) in [5.41, 5.74) is 2.46. The Kier molecular flexibility index (Phi) is 9.23. The fourth-order valence-electron chi connectivity index (χ4n) is 6.51. The van der Waals surface area contributed by atoms with E-state index >= 15 is 8.78 Å². The second kappa shape index (κ2) is 13.1. The lowest BCUT2D eigenvalue weighted by molar-refractivity contribution is -0.117. The van der Waals surface area contributed by atoms with Crippen LogP contribution in [0, 0.1) is 40.7 Å². The predicted molar refractivity (Wildman–Crippen MR) is 168 cm³/mol. The number of piperidine rings is 1. The fourth-order valence-corrected chi connectivity index (χ4v) is 6.51. The molecule has 0 aliphatic carbocycles. The van der Waals surface area contributed by atoms with Gasteiger partial charge in [0.2, 0.25) is 5.91 Å². The minimum absolute atomic E-state index is 0.0449. The van der Waals surface area contributed by atoms with Gasteiger partial charge in [0.1, 0.15) is 35.6 Å². The third kappa shape index (κ3) is 5.88. The molecule has 3 aliphatic heterocycles. The molecule has 0 spiro atoms. The van der Waals surface area contributed by atoms with Crippen LogP contribution in [0.15, 0.2) is 54.2 Å². The van der Waals surface area contributed by atoms with E-state index in [1.54, 1.807) is 6.07 Å². The maximum absolute atomic E-state index is 15.4. The van der Waals surface area contributed by atoms with Gasteiger partial charge in [-0.05, 0) is 61.4 Å². The fraction of sp³-hybridized carbons (Fsp3) is 0.441. The van der Waals surface area contributed by atoms with Crippen LogP contribution in [-0.4, -0.2) is 40.7 Å². The molecule has 4 heterocycles. The number of halogens is 2. The minimum Gasteiger partial charge on any atom is -0.362 e. The van der Waals surface area contributed by atoms with Crippen LogP contribution in [0.3, 0.4) is 0 Å². The number of allylic oxidation sites excluding steroid dienone is 1. The third-order valence-electron chi connectivity index (χ3n) is 8.80. The Morgan fingerprint density at radius 3 is 2.50 bits per heavy atom. The lowest BCUT2D eigenvalue weighted by Crippen LogP contribution is -2.38. The zero-order valence-corrected chi connectivity index (χ0v) is 25.7. The molecule has 230 valence electrons. The highest BCUT2D eigenvalue weighted by Gasteiger charge is 2.34. The first-order valence-electron chi connectivity index (χ1n) is 15.4. The Labute approximate surface area is 257 Å². The van der Waals surface area contributed by atoms with E-state index in [1.165, 1.54) is 35.5 Å². The maximum Gasteiger partial charge on any atom is 0.228 e. The number of carbonyl (C=O) groups is 1. The Balaban J connectivity index is 0.00000188. The predicted octanol–water partition coefficient (Wildman–Crippen LogP) is 7.40. The molecule has 2 fully saturated rings. The summed E-state index contributed by atoms with van der Waals surface area (Å²) >= 11 is 0. The Hall–Kier alpha value is -4.39. The molecule has 2 saturated heterocycles. The standard InChI is InChI=1S/C32H32F2N6O2.C2H6/c1-18-12-19(2)30(38-42-20(18)3)21-8-10-39(11-9-21)32-26-15-23(33)14-25(31(26)36-17-37-32)22-4-6-28(27(34)13-22)40-24(16-35)5-7-29(40)41;1-2/h4,6,13-15,17-19,21,24H,3,5,7-12H2,1-2H3;1-2H3. The molecule has 0 saturated carbocycles. The number of carbonyl (C=O) groups excluding carboxylic acids is 1. The van der Waals surface area contributed by atoms with Crippen LogP contribution in [0.4, 0.5) is 20.3 Å². The lowest BCUT2D eigenvalue weighted by atomic mass is 9.82. The van der Waals surface area contributed by atoms with Crippen LogP contribution in [0.1, 0.15) is 59.8 Å². The summed E-state index contributed by atoms with van der Waals surface area (Å²) in [5, 5.41) is 14.4. The van der Waals surface area contributed by atoms with Crippen LogP contribution in [0.5, 0.6) is 0 Å². The number of hydrogen-bond donors (Lipinski definition) is 0.